The third-order valence-corrected chi connectivity index (χ3v) is 5.06. The van der Waals surface area contributed by atoms with Gasteiger partial charge < -0.3 is 24.7 Å². The molecule has 1 aromatic heterocycles. The molecule has 8 nitrogen and oxygen atoms in total. The van der Waals surface area contributed by atoms with Gasteiger partial charge in [-0.15, -0.1) is 5.10 Å². The Morgan fingerprint density at radius 3 is 2.47 bits per heavy atom. The number of nitrogens with two attached hydrogens (primary N) is 1. The number of rotatable bonds is 5. The zero-order valence-corrected chi connectivity index (χ0v) is 16.7. The molecule has 0 aliphatic carbocycles. The quantitative estimate of drug-likeness (QED) is 0.670. The molecule has 3 aromatic rings. The van der Waals surface area contributed by atoms with E-state index in [0.717, 1.165) is 16.9 Å². The Bertz CT molecular complexity index is 1160. The van der Waals surface area contributed by atoms with E-state index in [0.29, 0.717) is 28.6 Å². The van der Waals surface area contributed by atoms with Gasteiger partial charge in [-0.3, -0.25) is 5.10 Å². The first-order valence-electron chi connectivity index (χ1n) is 9.14. The number of aromatic nitrogens is 2. The minimum atomic E-state index is -0.556. The third kappa shape index (κ3) is 2.97. The summed E-state index contributed by atoms with van der Waals surface area (Å²) < 4.78 is 22.0. The van der Waals surface area contributed by atoms with E-state index < -0.39 is 5.92 Å². The Kier molecular flexibility index (Phi) is 4.94. The van der Waals surface area contributed by atoms with Crippen LogP contribution in [0.5, 0.6) is 23.1 Å². The molecule has 1 atom stereocenters. The molecule has 8 heteroatoms. The second-order valence-electron chi connectivity index (χ2n) is 6.55. The number of hydrogen-bond donors (Lipinski definition) is 2. The van der Waals surface area contributed by atoms with Crippen molar-refractivity contribution in [2.24, 2.45) is 5.73 Å². The van der Waals surface area contributed by atoms with Crippen molar-refractivity contribution in [1.82, 2.24) is 10.2 Å². The summed E-state index contributed by atoms with van der Waals surface area (Å²) in [6.07, 6.45) is 0. The molecule has 0 fully saturated rings. The summed E-state index contributed by atoms with van der Waals surface area (Å²) in [6, 6.07) is 15.2. The number of nitriles is 1. The smallest absolute Gasteiger partial charge is 0.244 e. The fourth-order valence-electron chi connectivity index (χ4n) is 3.67. The lowest BCUT2D eigenvalue weighted by Gasteiger charge is -2.26. The zero-order chi connectivity index (χ0) is 21.3. The van der Waals surface area contributed by atoms with E-state index >= 15 is 0 Å². The van der Waals surface area contributed by atoms with Crippen molar-refractivity contribution in [3.63, 3.8) is 0 Å². The highest BCUT2D eigenvalue weighted by Crippen LogP contribution is 2.49. The van der Waals surface area contributed by atoms with Crippen molar-refractivity contribution in [2.75, 3.05) is 21.3 Å². The SMILES string of the molecule is COc1ccc(-c2[nH]nc3c2C(c2cccc(OC)c2OC)C(C#N)=C(N)O3)cc1. The average Bonchev–Trinajstić information content (AvgIpc) is 3.20. The average molecular weight is 404 g/mol. The van der Waals surface area contributed by atoms with Gasteiger partial charge in [0.05, 0.1) is 38.5 Å². The van der Waals surface area contributed by atoms with E-state index in [1.165, 1.54) is 0 Å². The van der Waals surface area contributed by atoms with Crippen LogP contribution in [-0.2, 0) is 0 Å². The van der Waals surface area contributed by atoms with E-state index in [-0.39, 0.29) is 11.5 Å². The number of benzene rings is 2. The van der Waals surface area contributed by atoms with Crippen LogP contribution < -0.4 is 24.7 Å². The highest BCUT2D eigenvalue weighted by Gasteiger charge is 2.37. The van der Waals surface area contributed by atoms with E-state index in [2.05, 4.69) is 16.3 Å². The molecule has 1 aliphatic rings. The highest BCUT2D eigenvalue weighted by molar-refractivity contribution is 5.72. The number of methoxy groups -OCH3 is 3. The number of nitrogens with zero attached hydrogens (tertiary/aromatic N) is 2. The molecule has 0 saturated carbocycles. The van der Waals surface area contributed by atoms with Crippen LogP contribution in [0, 0.1) is 11.3 Å². The monoisotopic (exact) mass is 404 g/mol. The molecular weight excluding hydrogens is 384 g/mol. The van der Waals surface area contributed by atoms with Crippen molar-refractivity contribution < 1.29 is 18.9 Å². The third-order valence-electron chi connectivity index (χ3n) is 5.06. The van der Waals surface area contributed by atoms with Crippen molar-refractivity contribution in [2.45, 2.75) is 5.92 Å². The van der Waals surface area contributed by atoms with Gasteiger partial charge >= 0.3 is 0 Å². The Balaban J connectivity index is 1.96. The summed E-state index contributed by atoms with van der Waals surface area (Å²) in [5.41, 5.74) is 9.32. The molecule has 2 aromatic carbocycles. The molecule has 152 valence electrons. The topological polar surface area (TPSA) is 115 Å². The van der Waals surface area contributed by atoms with Gasteiger partial charge in [-0.05, 0) is 30.3 Å². The molecule has 1 aliphatic heterocycles. The van der Waals surface area contributed by atoms with Gasteiger partial charge in [0.1, 0.15) is 17.4 Å². The lowest BCUT2D eigenvalue weighted by Crippen LogP contribution is -2.21. The fraction of sp³-hybridized carbons (Fsp3) is 0.182. The Labute approximate surface area is 173 Å². The molecule has 1 unspecified atom stereocenters. The number of para-hydroxylation sites is 1. The lowest BCUT2D eigenvalue weighted by molar-refractivity contribution is 0.348. The standard InChI is InChI=1S/C22H20N4O4/c1-27-13-9-7-12(8-10-13)19-18-17(14-5-4-6-16(28-2)20(14)29-3)15(11-23)21(24)30-22(18)26-25-19/h4-10,17H,24H2,1-3H3,(H,25,26). The van der Waals surface area contributed by atoms with Crippen molar-refractivity contribution in [1.29, 1.82) is 5.26 Å². The zero-order valence-electron chi connectivity index (χ0n) is 16.7. The minimum absolute atomic E-state index is 0.00709. The second-order valence-corrected chi connectivity index (χ2v) is 6.55. The maximum absolute atomic E-state index is 9.89. The van der Waals surface area contributed by atoms with E-state index in [1.807, 2.05) is 36.4 Å². The molecule has 0 radical (unpaired) electrons. The number of hydrogen-bond acceptors (Lipinski definition) is 7. The first-order chi connectivity index (χ1) is 14.6. The molecule has 0 amide bonds. The number of allylic oxidation sites excluding steroid dienone is 1. The summed E-state index contributed by atoms with van der Waals surface area (Å²) in [5, 5.41) is 17.2. The lowest BCUT2D eigenvalue weighted by atomic mass is 9.82. The fourth-order valence-corrected chi connectivity index (χ4v) is 3.67. The van der Waals surface area contributed by atoms with E-state index in [9.17, 15) is 5.26 Å². The van der Waals surface area contributed by atoms with Gasteiger partial charge in [0.2, 0.25) is 11.8 Å². The van der Waals surface area contributed by atoms with Crippen LogP contribution >= 0.6 is 0 Å². The van der Waals surface area contributed by atoms with Gasteiger partial charge in [0.15, 0.2) is 11.5 Å². The largest absolute Gasteiger partial charge is 0.497 e. The summed E-state index contributed by atoms with van der Waals surface area (Å²) in [7, 11) is 4.73. The minimum Gasteiger partial charge on any atom is -0.497 e. The van der Waals surface area contributed by atoms with Gasteiger partial charge in [0, 0.05) is 11.1 Å². The second kappa shape index (κ2) is 7.72. The van der Waals surface area contributed by atoms with E-state index in [1.54, 1.807) is 27.4 Å². The summed E-state index contributed by atoms with van der Waals surface area (Å²) in [4.78, 5) is 0. The predicted octanol–water partition coefficient (Wildman–Crippen LogP) is 3.32. The molecule has 0 spiro atoms. The summed E-state index contributed by atoms with van der Waals surface area (Å²) in [5.74, 6) is 1.56. The molecule has 0 bridgehead atoms. The number of aromatic amines is 1. The Hall–Kier alpha value is -4.12. The molecule has 2 heterocycles. The Morgan fingerprint density at radius 1 is 1.07 bits per heavy atom. The van der Waals surface area contributed by atoms with Crippen LogP contribution in [0.25, 0.3) is 11.3 Å². The first kappa shape index (κ1) is 19.2. The highest BCUT2D eigenvalue weighted by atomic mass is 16.5. The summed E-state index contributed by atoms with van der Waals surface area (Å²) in [6.45, 7) is 0. The molecule has 4 rings (SSSR count). The van der Waals surface area contributed by atoms with Crippen LogP contribution in [0.15, 0.2) is 53.9 Å². The number of ether oxygens (including phenoxy) is 4. The predicted molar refractivity (Wildman–Crippen MR) is 109 cm³/mol. The van der Waals surface area contributed by atoms with Gasteiger partial charge in [-0.25, -0.2) is 0 Å². The van der Waals surface area contributed by atoms with Crippen molar-refractivity contribution >= 4 is 0 Å². The van der Waals surface area contributed by atoms with Crippen LogP contribution in [0.3, 0.4) is 0 Å². The van der Waals surface area contributed by atoms with Crippen molar-refractivity contribution in [3.05, 3.63) is 65.0 Å². The van der Waals surface area contributed by atoms with Gasteiger partial charge in [0.25, 0.3) is 0 Å². The number of H-pyrrole nitrogens is 1. The van der Waals surface area contributed by atoms with Gasteiger partial charge in [-0.2, -0.15) is 5.26 Å². The van der Waals surface area contributed by atoms with Crippen LogP contribution in [0.2, 0.25) is 0 Å². The van der Waals surface area contributed by atoms with Crippen LogP contribution in [0.1, 0.15) is 17.0 Å². The normalized spacial score (nSPS) is 15.1. The first-order valence-corrected chi connectivity index (χ1v) is 9.14. The van der Waals surface area contributed by atoms with Crippen molar-refractivity contribution in [3.8, 4) is 40.5 Å². The molecular formula is C22H20N4O4. The maximum Gasteiger partial charge on any atom is 0.244 e. The Morgan fingerprint density at radius 2 is 1.83 bits per heavy atom. The molecule has 0 saturated heterocycles. The summed E-state index contributed by atoms with van der Waals surface area (Å²) >= 11 is 0. The maximum atomic E-state index is 9.89. The number of fused-ring (bicyclic) bond motifs is 1. The molecule has 3 N–H and O–H groups in total. The van der Waals surface area contributed by atoms with Crippen LogP contribution in [-0.4, -0.2) is 31.5 Å². The van der Waals surface area contributed by atoms with Crippen LogP contribution in [0.4, 0.5) is 0 Å². The number of nitrogens with one attached hydrogen (secondary N) is 1. The molecule has 30 heavy (non-hydrogen) atoms. The van der Waals surface area contributed by atoms with E-state index in [4.69, 9.17) is 24.7 Å². The van der Waals surface area contributed by atoms with Gasteiger partial charge in [-0.1, -0.05) is 12.1 Å².